The molecule has 54 valence electrons. The summed E-state index contributed by atoms with van der Waals surface area (Å²) in [4.78, 5) is 10.4. The Morgan fingerprint density at radius 2 is 2.00 bits per heavy atom. The molecule has 0 amide bonds. The fraction of sp³-hybridized carbons (Fsp3) is 0.800. The van der Waals surface area contributed by atoms with Gasteiger partial charge in [0.25, 0.3) is 0 Å². The summed E-state index contributed by atoms with van der Waals surface area (Å²) in [7, 11) is 0. The van der Waals surface area contributed by atoms with Gasteiger partial charge in [-0.25, -0.2) is 0 Å². The molecule has 4 nitrogen and oxygen atoms in total. The topological polar surface area (TPSA) is 77.8 Å². The summed E-state index contributed by atoms with van der Waals surface area (Å²) in [5, 5.41) is 25.2. The van der Waals surface area contributed by atoms with Crippen molar-refractivity contribution in [2.24, 2.45) is 0 Å². The lowest BCUT2D eigenvalue weighted by molar-refractivity contribution is -0.136. The van der Waals surface area contributed by atoms with Crippen LogP contribution in [0.15, 0.2) is 0 Å². The summed E-state index contributed by atoms with van der Waals surface area (Å²) < 4.78 is 0. The van der Waals surface area contributed by atoms with Gasteiger partial charge in [0.1, 0.15) is 12.2 Å². The average molecular weight is 134 g/mol. The molecule has 0 aromatic rings. The lowest BCUT2D eigenvalue weighted by atomic mass is 10.2. The van der Waals surface area contributed by atoms with Crippen molar-refractivity contribution in [3.05, 3.63) is 0 Å². The van der Waals surface area contributed by atoms with Crippen molar-refractivity contribution < 1.29 is 20.1 Å². The van der Waals surface area contributed by atoms with Crippen LogP contribution in [0.2, 0.25) is 0 Å². The number of rotatable bonds is 3. The Bertz CT molecular complexity index is 99.1. The molecular weight excluding hydrogens is 124 g/mol. The highest BCUT2D eigenvalue weighted by atomic mass is 16.3. The van der Waals surface area contributed by atoms with Gasteiger partial charge < -0.3 is 15.3 Å². The first kappa shape index (κ1) is 8.55. The number of hydrogen-bond donors (Lipinski definition) is 3. The molecule has 0 saturated carbocycles. The maximum Gasteiger partial charge on any atom is 0.191 e. The van der Waals surface area contributed by atoms with Gasteiger partial charge in [-0.15, -0.1) is 0 Å². The highest BCUT2D eigenvalue weighted by Crippen LogP contribution is 1.89. The van der Waals surface area contributed by atoms with Crippen molar-refractivity contribution in [2.75, 3.05) is 6.61 Å². The molecule has 0 aromatic heterocycles. The van der Waals surface area contributed by atoms with Gasteiger partial charge in [0.05, 0.1) is 6.61 Å². The van der Waals surface area contributed by atoms with Gasteiger partial charge in [-0.3, -0.25) is 4.79 Å². The summed E-state index contributed by atoms with van der Waals surface area (Å²) in [6, 6.07) is 0. The Labute approximate surface area is 52.7 Å². The van der Waals surface area contributed by atoms with E-state index in [-0.39, 0.29) is 0 Å². The summed E-state index contributed by atoms with van der Waals surface area (Å²) >= 11 is 0. The molecule has 2 atom stereocenters. The Hall–Kier alpha value is -0.450. The van der Waals surface area contributed by atoms with Gasteiger partial charge >= 0.3 is 0 Å². The third-order valence-electron chi connectivity index (χ3n) is 0.913. The van der Waals surface area contributed by atoms with Crippen LogP contribution in [0.5, 0.6) is 0 Å². The Kier molecular flexibility index (Phi) is 3.37. The molecule has 0 aliphatic rings. The van der Waals surface area contributed by atoms with Crippen molar-refractivity contribution in [3.8, 4) is 0 Å². The van der Waals surface area contributed by atoms with Crippen molar-refractivity contribution in [2.45, 2.75) is 19.1 Å². The zero-order valence-electron chi connectivity index (χ0n) is 5.11. The van der Waals surface area contributed by atoms with E-state index in [9.17, 15) is 4.79 Å². The quantitative estimate of drug-likeness (QED) is 0.429. The molecule has 0 rings (SSSR count). The molecule has 0 spiro atoms. The van der Waals surface area contributed by atoms with E-state index in [1.54, 1.807) is 0 Å². The number of aliphatic hydroxyl groups is 3. The average Bonchev–Trinajstić information content (AvgIpc) is 1.84. The minimum Gasteiger partial charge on any atom is -0.393 e. The first-order valence-electron chi connectivity index (χ1n) is 2.60. The highest BCUT2D eigenvalue weighted by Gasteiger charge is 2.17. The molecule has 0 fully saturated rings. The highest BCUT2D eigenvalue weighted by molar-refractivity contribution is 5.86. The standard InChI is InChI=1S/C5H10O4/c1-3(7)5(9)4(8)2-6/h3-4,6-8H,2H2,1H3/t3?,4-/m0/s1. The van der Waals surface area contributed by atoms with Crippen molar-refractivity contribution in [3.63, 3.8) is 0 Å². The van der Waals surface area contributed by atoms with E-state index in [0.29, 0.717) is 0 Å². The third-order valence-corrected chi connectivity index (χ3v) is 0.913. The second kappa shape index (κ2) is 3.55. The molecule has 0 saturated heterocycles. The van der Waals surface area contributed by atoms with Crippen molar-refractivity contribution in [1.29, 1.82) is 0 Å². The monoisotopic (exact) mass is 134 g/mol. The van der Waals surface area contributed by atoms with E-state index in [2.05, 4.69) is 0 Å². The summed E-state index contributed by atoms with van der Waals surface area (Å²) in [6.07, 6.45) is -2.64. The number of hydrogen-bond acceptors (Lipinski definition) is 4. The Morgan fingerprint density at radius 1 is 1.56 bits per heavy atom. The molecule has 0 radical (unpaired) electrons. The van der Waals surface area contributed by atoms with E-state index < -0.39 is 24.6 Å². The van der Waals surface area contributed by atoms with E-state index in [1.807, 2.05) is 0 Å². The van der Waals surface area contributed by atoms with E-state index >= 15 is 0 Å². The Morgan fingerprint density at radius 3 is 2.11 bits per heavy atom. The van der Waals surface area contributed by atoms with Gasteiger partial charge in [-0.2, -0.15) is 0 Å². The van der Waals surface area contributed by atoms with Crippen LogP contribution in [-0.2, 0) is 4.79 Å². The molecule has 0 heterocycles. The predicted molar refractivity (Wildman–Crippen MR) is 29.8 cm³/mol. The van der Waals surface area contributed by atoms with Crippen LogP contribution in [0.4, 0.5) is 0 Å². The van der Waals surface area contributed by atoms with Crippen LogP contribution in [0.1, 0.15) is 6.92 Å². The Balaban J connectivity index is 3.73. The van der Waals surface area contributed by atoms with Crippen LogP contribution >= 0.6 is 0 Å². The fourth-order valence-electron chi connectivity index (χ4n) is 0.368. The largest absolute Gasteiger partial charge is 0.393 e. The van der Waals surface area contributed by atoms with E-state index in [0.717, 1.165) is 0 Å². The second-order valence-electron chi connectivity index (χ2n) is 1.78. The summed E-state index contributed by atoms with van der Waals surface area (Å²) in [5.41, 5.74) is 0. The lowest BCUT2D eigenvalue weighted by Gasteiger charge is -2.06. The molecule has 0 aliphatic carbocycles. The number of carbonyl (C=O) groups is 1. The van der Waals surface area contributed by atoms with Crippen LogP contribution in [0.25, 0.3) is 0 Å². The minimum atomic E-state index is -1.44. The number of Topliss-reactive ketones (excluding diaryl/α,β-unsaturated/α-hetero) is 1. The molecule has 3 N–H and O–H groups in total. The SMILES string of the molecule is CC(O)C(=O)[C@@H](O)CO. The third kappa shape index (κ3) is 2.55. The normalized spacial score (nSPS) is 16.9. The van der Waals surface area contributed by atoms with E-state index in [4.69, 9.17) is 15.3 Å². The number of carbonyl (C=O) groups excluding carboxylic acids is 1. The zero-order valence-corrected chi connectivity index (χ0v) is 5.11. The minimum absolute atomic E-state index is 0.635. The molecule has 0 bridgehead atoms. The fourth-order valence-corrected chi connectivity index (χ4v) is 0.368. The van der Waals surface area contributed by atoms with Crippen molar-refractivity contribution in [1.82, 2.24) is 0 Å². The lowest BCUT2D eigenvalue weighted by Crippen LogP contribution is -2.32. The molecule has 0 aromatic carbocycles. The number of ketones is 1. The molecule has 4 heteroatoms. The molecule has 0 aliphatic heterocycles. The predicted octanol–water partition coefficient (Wildman–Crippen LogP) is -1.71. The maximum atomic E-state index is 10.4. The van der Waals surface area contributed by atoms with Gasteiger partial charge in [0.15, 0.2) is 5.78 Å². The van der Waals surface area contributed by atoms with Crippen molar-refractivity contribution >= 4 is 5.78 Å². The summed E-state index contributed by atoms with van der Waals surface area (Å²) in [6.45, 7) is 0.602. The maximum absolute atomic E-state index is 10.4. The molecular formula is C5H10O4. The smallest absolute Gasteiger partial charge is 0.191 e. The van der Waals surface area contributed by atoms with Crippen LogP contribution in [0.3, 0.4) is 0 Å². The van der Waals surface area contributed by atoms with Crippen LogP contribution in [0, 0.1) is 0 Å². The van der Waals surface area contributed by atoms with Crippen LogP contribution < -0.4 is 0 Å². The first-order chi connectivity index (χ1) is 4.09. The molecule has 9 heavy (non-hydrogen) atoms. The van der Waals surface area contributed by atoms with E-state index in [1.165, 1.54) is 6.92 Å². The van der Waals surface area contributed by atoms with Gasteiger partial charge in [0.2, 0.25) is 0 Å². The first-order valence-corrected chi connectivity index (χ1v) is 2.60. The van der Waals surface area contributed by atoms with Gasteiger partial charge in [0, 0.05) is 0 Å². The second-order valence-corrected chi connectivity index (χ2v) is 1.78. The number of aliphatic hydroxyl groups excluding tert-OH is 3. The summed E-state index contributed by atoms with van der Waals surface area (Å²) in [5.74, 6) is -0.752. The molecule has 1 unspecified atom stereocenters. The van der Waals surface area contributed by atoms with Gasteiger partial charge in [-0.05, 0) is 6.92 Å². The zero-order chi connectivity index (χ0) is 7.44. The van der Waals surface area contributed by atoms with Crippen LogP contribution in [-0.4, -0.2) is 39.9 Å². The van der Waals surface area contributed by atoms with Gasteiger partial charge in [-0.1, -0.05) is 0 Å².